The fourth-order valence-corrected chi connectivity index (χ4v) is 6.08. The number of carbonyl (C=O) groups excluding carboxylic acids is 1. The number of aromatic nitrogens is 1. The molecule has 1 spiro atoms. The smallest absolute Gasteiger partial charge is 0.253 e. The summed E-state index contributed by atoms with van der Waals surface area (Å²) in [7, 11) is -3.55. The zero-order valence-corrected chi connectivity index (χ0v) is 18.8. The number of amides is 1. The lowest BCUT2D eigenvalue weighted by molar-refractivity contribution is -0.140. The summed E-state index contributed by atoms with van der Waals surface area (Å²) < 4.78 is 34.1. The number of nitrogens with zero attached hydrogens (tertiary/aromatic N) is 2. The predicted molar refractivity (Wildman–Crippen MR) is 118 cm³/mol. The van der Waals surface area contributed by atoms with Gasteiger partial charge in [0.2, 0.25) is 10.0 Å². The SMILES string of the molecule is CCc1ccc(S(=O)(=O)N2CC[C@]3(CC[C@H](C(=O)Nc4cccnc4)O3)[C@H](C)C2)cc1. The molecule has 166 valence electrons. The van der Waals surface area contributed by atoms with E-state index < -0.39 is 21.7 Å². The average molecular weight is 444 g/mol. The first kappa shape index (κ1) is 21.9. The van der Waals surface area contributed by atoms with Crippen molar-refractivity contribution < 1.29 is 17.9 Å². The lowest BCUT2D eigenvalue weighted by atomic mass is 9.81. The molecular weight excluding hydrogens is 414 g/mol. The molecule has 2 aliphatic heterocycles. The Labute approximate surface area is 183 Å². The van der Waals surface area contributed by atoms with E-state index in [9.17, 15) is 13.2 Å². The Morgan fingerprint density at radius 2 is 2.03 bits per heavy atom. The summed E-state index contributed by atoms with van der Waals surface area (Å²) in [6, 6.07) is 10.7. The van der Waals surface area contributed by atoms with E-state index in [0.29, 0.717) is 36.5 Å². The number of piperidine rings is 1. The first-order chi connectivity index (χ1) is 14.8. The normalized spacial score (nSPS) is 26.8. The van der Waals surface area contributed by atoms with Crippen LogP contribution in [-0.2, 0) is 26.0 Å². The molecular formula is C23H29N3O4S. The van der Waals surface area contributed by atoms with Crippen molar-refractivity contribution in [1.82, 2.24) is 9.29 Å². The van der Waals surface area contributed by atoms with Crippen LogP contribution in [0.4, 0.5) is 5.69 Å². The molecule has 0 bridgehead atoms. The van der Waals surface area contributed by atoms with Gasteiger partial charge in [0.1, 0.15) is 6.10 Å². The third kappa shape index (κ3) is 4.37. The second-order valence-corrected chi connectivity index (χ2v) is 10.4. The van der Waals surface area contributed by atoms with Crippen molar-refractivity contribution >= 4 is 21.6 Å². The molecule has 7 nitrogen and oxygen atoms in total. The highest BCUT2D eigenvalue weighted by Crippen LogP contribution is 2.43. The van der Waals surface area contributed by atoms with Crippen LogP contribution < -0.4 is 5.32 Å². The van der Waals surface area contributed by atoms with Crippen molar-refractivity contribution in [2.75, 3.05) is 18.4 Å². The number of anilines is 1. The van der Waals surface area contributed by atoms with Crippen LogP contribution in [0, 0.1) is 5.92 Å². The Morgan fingerprint density at radius 3 is 2.68 bits per heavy atom. The van der Waals surface area contributed by atoms with Crippen molar-refractivity contribution in [3.63, 3.8) is 0 Å². The Bertz CT molecular complexity index is 1030. The zero-order chi connectivity index (χ0) is 22.1. The molecule has 2 aliphatic rings. The van der Waals surface area contributed by atoms with Crippen molar-refractivity contribution in [3.05, 3.63) is 54.4 Å². The molecule has 0 aliphatic carbocycles. The maximum absolute atomic E-state index is 13.1. The van der Waals surface area contributed by atoms with E-state index in [4.69, 9.17) is 4.74 Å². The summed E-state index contributed by atoms with van der Waals surface area (Å²) in [6.07, 6.45) is 5.54. The van der Waals surface area contributed by atoms with Gasteiger partial charge in [-0.05, 0) is 61.4 Å². The summed E-state index contributed by atoms with van der Waals surface area (Å²) >= 11 is 0. The number of hydrogen-bond donors (Lipinski definition) is 1. The van der Waals surface area contributed by atoms with E-state index in [1.807, 2.05) is 26.0 Å². The van der Waals surface area contributed by atoms with Crippen molar-refractivity contribution in [2.45, 2.75) is 56.1 Å². The highest BCUT2D eigenvalue weighted by Gasteiger charge is 2.50. The quantitative estimate of drug-likeness (QED) is 0.766. The minimum atomic E-state index is -3.55. The van der Waals surface area contributed by atoms with Gasteiger partial charge in [-0.2, -0.15) is 4.31 Å². The number of rotatable bonds is 5. The number of nitrogens with one attached hydrogen (secondary N) is 1. The molecule has 31 heavy (non-hydrogen) atoms. The molecule has 1 N–H and O–H groups in total. The molecule has 8 heteroatoms. The highest BCUT2D eigenvalue weighted by atomic mass is 32.2. The van der Waals surface area contributed by atoms with Gasteiger partial charge in [-0.3, -0.25) is 9.78 Å². The van der Waals surface area contributed by atoms with Gasteiger partial charge < -0.3 is 10.1 Å². The van der Waals surface area contributed by atoms with Crippen LogP contribution in [0.25, 0.3) is 0 Å². The van der Waals surface area contributed by atoms with Crippen LogP contribution in [0.3, 0.4) is 0 Å². The van der Waals surface area contributed by atoms with Crippen LogP contribution in [-0.4, -0.2) is 48.4 Å². The molecule has 0 saturated carbocycles. The molecule has 2 fully saturated rings. The first-order valence-electron chi connectivity index (χ1n) is 10.8. The maximum Gasteiger partial charge on any atom is 0.253 e. The van der Waals surface area contributed by atoms with Crippen LogP contribution >= 0.6 is 0 Å². The highest BCUT2D eigenvalue weighted by molar-refractivity contribution is 7.89. The predicted octanol–water partition coefficient (Wildman–Crippen LogP) is 3.23. The Kier molecular flexibility index (Phi) is 6.14. The Balaban J connectivity index is 1.41. The summed E-state index contributed by atoms with van der Waals surface area (Å²) in [5.74, 6) is -0.190. The first-order valence-corrected chi connectivity index (χ1v) is 12.3. The number of hydrogen-bond acceptors (Lipinski definition) is 5. The number of aryl methyl sites for hydroxylation is 1. The van der Waals surface area contributed by atoms with Crippen molar-refractivity contribution in [2.24, 2.45) is 5.92 Å². The Hall–Kier alpha value is -2.29. The van der Waals surface area contributed by atoms with Crippen LogP contribution in [0.15, 0.2) is 53.7 Å². The Morgan fingerprint density at radius 1 is 1.26 bits per heavy atom. The van der Waals surface area contributed by atoms with Gasteiger partial charge in [0.15, 0.2) is 0 Å². The zero-order valence-electron chi connectivity index (χ0n) is 18.0. The van der Waals surface area contributed by atoms with Crippen molar-refractivity contribution in [3.8, 4) is 0 Å². The molecule has 2 aromatic rings. The third-order valence-electron chi connectivity index (χ3n) is 6.56. The minimum absolute atomic E-state index is 0.0119. The number of benzene rings is 1. The van der Waals surface area contributed by atoms with Gasteiger partial charge in [0, 0.05) is 19.3 Å². The fraction of sp³-hybridized carbons (Fsp3) is 0.478. The molecule has 1 aromatic carbocycles. The molecule has 2 saturated heterocycles. The standard InChI is InChI=1S/C23H29N3O4S/c1-3-18-6-8-20(9-7-18)31(28,29)26-14-12-23(17(2)16-26)11-10-21(30-23)22(27)25-19-5-4-13-24-15-19/h4-9,13,15,17,21H,3,10-12,14,16H2,1-2H3,(H,25,27)/t17-,21-,23-/m1/s1. The van der Waals surface area contributed by atoms with Gasteiger partial charge in [-0.1, -0.05) is 26.0 Å². The summed E-state index contributed by atoms with van der Waals surface area (Å²) in [4.78, 5) is 17.0. The van der Waals surface area contributed by atoms with Gasteiger partial charge in [0.05, 0.1) is 22.4 Å². The third-order valence-corrected chi connectivity index (χ3v) is 8.44. The minimum Gasteiger partial charge on any atom is -0.362 e. The number of ether oxygens (including phenoxy) is 1. The average Bonchev–Trinajstić information content (AvgIpc) is 3.22. The summed E-state index contributed by atoms with van der Waals surface area (Å²) in [5.41, 5.74) is 1.29. The molecule has 4 rings (SSSR count). The summed E-state index contributed by atoms with van der Waals surface area (Å²) in [5, 5.41) is 2.85. The van der Waals surface area contributed by atoms with Crippen molar-refractivity contribution in [1.29, 1.82) is 0 Å². The van der Waals surface area contributed by atoms with Crippen LogP contribution in [0.5, 0.6) is 0 Å². The van der Waals surface area contributed by atoms with Gasteiger partial charge >= 0.3 is 0 Å². The second-order valence-electron chi connectivity index (χ2n) is 8.45. The number of pyridine rings is 1. The largest absolute Gasteiger partial charge is 0.362 e. The van der Waals surface area contributed by atoms with E-state index in [2.05, 4.69) is 10.3 Å². The molecule has 1 amide bonds. The van der Waals surface area contributed by atoms with E-state index in [-0.39, 0.29) is 11.8 Å². The number of carbonyl (C=O) groups is 1. The van der Waals surface area contributed by atoms with Crippen LogP contribution in [0.1, 0.15) is 38.7 Å². The lowest BCUT2D eigenvalue weighted by Crippen LogP contribution is -2.52. The second kappa shape index (κ2) is 8.68. The molecule has 0 unspecified atom stereocenters. The van der Waals surface area contributed by atoms with E-state index in [1.165, 1.54) is 0 Å². The maximum atomic E-state index is 13.1. The van der Waals surface area contributed by atoms with Gasteiger partial charge in [0.25, 0.3) is 5.91 Å². The van der Waals surface area contributed by atoms with E-state index >= 15 is 0 Å². The fourth-order valence-electron chi connectivity index (χ4n) is 4.56. The molecule has 3 heterocycles. The number of sulfonamides is 1. The molecule has 1 aromatic heterocycles. The monoisotopic (exact) mass is 443 g/mol. The van der Waals surface area contributed by atoms with Gasteiger partial charge in [-0.25, -0.2) is 8.42 Å². The van der Waals surface area contributed by atoms with Crippen LogP contribution in [0.2, 0.25) is 0 Å². The molecule has 0 radical (unpaired) electrons. The lowest BCUT2D eigenvalue weighted by Gasteiger charge is -2.43. The summed E-state index contributed by atoms with van der Waals surface area (Å²) in [6.45, 7) is 4.83. The topological polar surface area (TPSA) is 88.6 Å². The van der Waals surface area contributed by atoms with E-state index in [0.717, 1.165) is 18.4 Å². The molecule has 3 atom stereocenters. The van der Waals surface area contributed by atoms with Gasteiger partial charge in [-0.15, -0.1) is 0 Å². The van der Waals surface area contributed by atoms with E-state index in [1.54, 1.807) is 41.0 Å².